The fraction of sp³-hybridized carbons (Fsp3) is 0.600. The van der Waals surface area contributed by atoms with Crippen molar-refractivity contribution in [1.29, 1.82) is 0 Å². The summed E-state index contributed by atoms with van der Waals surface area (Å²) in [4.78, 5) is 25.6. The maximum atomic E-state index is 12.7. The second-order valence-corrected chi connectivity index (χ2v) is 9.58. The van der Waals surface area contributed by atoms with Gasteiger partial charge in [-0.3, -0.25) is 9.59 Å². The molecule has 29 heavy (non-hydrogen) atoms. The van der Waals surface area contributed by atoms with Crippen molar-refractivity contribution in [3.05, 3.63) is 24.3 Å². The quantitative estimate of drug-likeness (QED) is 0.613. The number of amides is 1. The Labute approximate surface area is 172 Å². The van der Waals surface area contributed by atoms with Crippen LogP contribution in [0.3, 0.4) is 0 Å². The Kier molecular flexibility index (Phi) is 7.26. The highest BCUT2D eigenvalue weighted by Gasteiger charge is 2.30. The van der Waals surface area contributed by atoms with Gasteiger partial charge >= 0.3 is 5.97 Å². The maximum absolute atomic E-state index is 12.7. The Morgan fingerprint density at radius 1 is 1.21 bits per heavy atom. The number of hydrogen-bond donors (Lipinski definition) is 2. The van der Waals surface area contributed by atoms with Crippen LogP contribution in [0.15, 0.2) is 29.2 Å². The molecule has 0 aromatic heterocycles. The number of rotatable bonds is 7. The zero-order chi connectivity index (χ0) is 20.9. The van der Waals surface area contributed by atoms with Crippen LogP contribution in [0.25, 0.3) is 0 Å². The molecule has 0 saturated carbocycles. The van der Waals surface area contributed by atoms with Crippen LogP contribution in [-0.2, 0) is 24.3 Å². The summed E-state index contributed by atoms with van der Waals surface area (Å²) in [6.45, 7) is 5.04. The molecule has 0 radical (unpaired) electrons. The van der Waals surface area contributed by atoms with Gasteiger partial charge in [0, 0.05) is 31.6 Å². The molecule has 2 heterocycles. The number of carbonyl (C=O) groups is 2. The third-order valence-electron chi connectivity index (χ3n) is 5.54. The molecule has 160 valence electrons. The van der Waals surface area contributed by atoms with Gasteiger partial charge in [0.05, 0.1) is 30.5 Å². The number of benzene rings is 1. The number of hydrogen-bond acceptors (Lipinski definition) is 5. The largest absolute Gasteiger partial charge is 0.466 e. The van der Waals surface area contributed by atoms with E-state index in [0.29, 0.717) is 44.8 Å². The first-order chi connectivity index (χ1) is 13.9. The Hall–Kier alpha value is -1.97. The molecule has 9 heteroatoms. The van der Waals surface area contributed by atoms with E-state index >= 15 is 0 Å². The summed E-state index contributed by atoms with van der Waals surface area (Å²) in [6, 6.07) is 6.43. The molecular formula is C20H30N3O5S+. The second kappa shape index (κ2) is 9.69. The summed E-state index contributed by atoms with van der Waals surface area (Å²) < 4.78 is 31.9. The zero-order valence-electron chi connectivity index (χ0n) is 16.9. The van der Waals surface area contributed by atoms with Gasteiger partial charge in [-0.1, -0.05) is 6.07 Å². The van der Waals surface area contributed by atoms with Crippen molar-refractivity contribution in [3.8, 4) is 0 Å². The molecule has 1 aromatic carbocycles. The fourth-order valence-corrected chi connectivity index (χ4v) is 5.51. The molecule has 0 bridgehead atoms. The fourth-order valence-electron chi connectivity index (χ4n) is 3.94. The van der Waals surface area contributed by atoms with Gasteiger partial charge in [-0.05, 0) is 38.0 Å². The standard InChI is InChI=1S/C20H29N3O5S/c1-2-28-20(25)16-8-12-22(13-9-16)15-19(24)21-17-6-5-7-18(14-17)29(26,27)23-10-3-4-11-23/h5-7,14,16H,2-4,8-13,15H2,1H3,(H,21,24)/p+1. The molecule has 0 unspecified atom stereocenters. The third kappa shape index (κ3) is 5.55. The van der Waals surface area contributed by atoms with Gasteiger partial charge in [0.15, 0.2) is 6.54 Å². The van der Waals surface area contributed by atoms with Crippen molar-refractivity contribution in [3.63, 3.8) is 0 Å². The lowest BCUT2D eigenvalue weighted by Crippen LogP contribution is -3.14. The summed E-state index contributed by atoms with van der Waals surface area (Å²) in [6.07, 6.45) is 3.19. The minimum Gasteiger partial charge on any atom is -0.466 e. The van der Waals surface area contributed by atoms with Crippen LogP contribution in [0.5, 0.6) is 0 Å². The van der Waals surface area contributed by atoms with Gasteiger partial charge in [-0.25, -0.2) is 8.42 Å². The number of ether oxygens (including phenoxy) is 1. The summed E-state index contributed by atoms with van der Waals surface area (Å²) in [5.41, 5.74) is 0.482. The number of anilines is 1. The number of likely N-dealkylation sites (tertiary alicyclic amines) is 1. The number of carbonyl (C=O) groups excluding carboxylic acids is 2. The highest BCUT2D eigenvalue weighted by Crippen LogP contribution is 2.23. The number of piperidine rings is 1. The monoisotopic (exact) mass is 424 g/mol. The van der Waals surface area contributed by atoms with E-state index in [2.05, 4.69) is 5.32 Å². The lowest BCUT2D eigenvalue weighted by atomic mass is 9.97. The lowest BCUT2D eigenvalue weighted by molar-refractivity contribution is -0.897. The smallest absolute Gasteiger partial charge is 0.309 e. The third-order valence-corrected chi connectivity index (χ3v) is 7.44. The first-order valence-corrected chi connectivity index (χ1v) is 11.7. The molecule has 0 spiro atoms. The first-order valence-electron chi connectivity index (χ1n) is 10.3. The van der Waals surface area contributed by atoms with Gasteiger partial charge in [-0.15, -0.1) is 0 Å². The number of esters is 1. The van der Waals surface area contributed by atoms with Crippen molar-refractivity contribution in [2.24, 2.45) is 5.92 Å². The van der Waals surface area contributed by atoms with Crippen LogP contribution in [0.4, 0.5) is 5.69 Å². The van der Waals surface area contributed by atoms with Crippen LogP contribution in [0, 0.1) is 5.92 Å². The molecule has 0 atom stereocenters. The number of nitrogens with one attached hydrogen (secondary N) is 2. The molecule has 1 amide bonds. The molecule has 2 N–H and O–H groups in total. The summed E-state index contributed by atoms with van der Waals surface area (Å²) >= 11 is 0. The molecule has 2 saturated heterocycles. The Bertz CT molecular complexity index is 828. The molecular weight excluding hydrogens is 394 g/mol. The number of sulfonamides is 1. The second-order valence-electron chi connectivity index (χ2n) is 7.64. The van der Waals surface area contributed by atoms with Crippen LogP contribution in [0.1, 0.15) is 32.6 Å². The molecule has 2 aliphatic rings. The van der Waals surface area contributed by atoms with E-state index in [1.807, 2.05) is 0 Å². The predicted octanol–water partition coefficient (Wildman–Crippen LogP) is 0.268. The number of quaternary nitrogens is 1. The Balaban J connectivity index is 1.53. The summed E-state index contributed by atoms with van der Waals surface area (Å²) in [5.74, 6) is -0.383. The molecule has 3 rings (SSSR count). The van der Waals surface area contributed by atoms with Gasteiger partial charge in [0.25, 0.3) is 5.91 Å². The van der Waals surface area contributed by atoms with Crippen molar-refractivity contribution in [1.82, 2.24) is 4.31 Å². The highest BCUT2D eigenvalue weighted by molar-refractivity contribution is 7.89. The van der Waals surface area contributed by atoms with Crippen molar-refractivity contribution in [2.45, 2.75) is 37.5 Å². The minimum atomic E-state index is -3.51. The molecule has 2 aliphatic heterocycles. The van der Waals surface area contributed by atoms with Gasteiger partial charge in [0.2, 0.25) is 10.0 Å². The highest BCUT2D eigenvalue weighted by atomic mass is 32.2. The van der Waals surface area contributed by atoms with E-state index in [-0.39, 0.29) is 22.7 Å². The zero-order valence-corrected chi connectivity index (χ0v) is 17.7. The summed E-state index contributed by atoms with van der Waals surface area (Å²) in [7, 11) is -3.51. The van der Waals surface area contributed by atoms with Gasteiger partial charge in [-0.2, -0.15) is 4.31 Å². The van der Waals surface area contributed by atoms with Crippen LogP contribution in [-0.4, -0.2) is 63.9 Å². The van der Waals surface area contributed by atoms with Crippen LogP contribution in [0.2, 0.25) is 0 Å². The SMILES string of the molecule is CCOC(=O)C1CC[NH+](CC(=O)Nc2cccc(S(=O)(=O)N3CCCC3)c2)CC1. The molecule has 1 aromatic rings. The Morgan fingerprint density at radius 2 is 1.90 bits per heavy atom. The van der Waals surface area contributed by atoms with E-state index in [4.69, 9.17) is 4.74 Å². The van der Waals surface area contributed by atoms with E-state index in [1.54, 1.807) is 25.1 Å². The van der Waals surface area contributed by atoms with E-state index in [1.165, 1.54) is 10.4 Å². The average Bonchev–Trinajstić information content (AvgIpc) is 3.24. The van der Waals surface area contributed by atoms with E-state index in [9.17, 15) is 18.0 Å². The summed E-state index contributed by atoms with van der Waals surface area (Å²) in [5, 5.41) is 2.81. The van der Waals surface area contributed by atoms with Crippen molar-refractivity contribution < 1.29 is 27.6 Å². The predicted molar refractivity (Wildman–Crippen MR) is 108 cm³/mol. The van der Waals surface area contributed by atoms with Crippen molar-refractivity contribution in [2.75, 3.05) is 44.6 Å². The Morgan fingerprint density at radius 3 is 2.55 bits per heavy atom. The van der Waals surface area contributed by atoms with Gasteiger partial charge in [0.1, 0.15) is 0 Å². The minimum absolute atomic E-state index is 0.0748. The molecule has 8 nitrogen and oxygen atoms in total. The average molecular weight is 425 g/mol. The van der Waals surface area contributed by atoms with Gasteiger partial charge < -0.3 is 15.0 Å². The van der Waals surface area contributed by atoms with E-state index < -0.39 is 10.0 Å². The topological polar surface area (TPSA) is 97.2 Å². The van der Waals surface area contributed by atoms with Crippen molar-refractivity contribution >= 4 is 27.6 Å². The normalized spacial score (nSPS) is 22.9. The number of nitrogens with zero attached hydrogens (tertiary/aromatic N) is 1. The molecule has 2 fully saturated rings. The first kappa shape index (κ1) is 21.7. The van der Waals surface area contributed by atoms with Crippen LogP contribution >= 0.6 is 0 Å². The maximum Gasteiger partial charge on any atom is 0.309 e. The molecule has 0 aliphatic carbocycles. The van der Waals surface area contributed by atoms with E-state index in [0.717, 1.165) is 30.8 Å². The lowest BCUT2D eigenvalue weighted by Gasteiger charge is -2.27. The van der Waals surface area contributed by atoms with Crippen LogP contribution < -0.4 is 10.2 Å².